The molecular formula is C14H15FN2O2. The third-order valence-electron chi connectivity index (χ3n) is 3.85. The molecule has 2 aliphatic heterocycles. The van der Waals surface area contributed by atoms with Gasteiger partial charge in [-0.05, 0) is 24.6 Å². The molecule has 0 radical (unpaired) electrons. The Morgan fingerprint density at radius 1 is 1.32 bits per heavy atom. The van der Waals surface area contributed by atoms with Crippen molar-refractivity contribution in [3.63, 3.8) is 0 Å². The van der Waals surface area contributed by atoms with Crippen molar-refractivity contribution >= 4 is 11.8 Å². The molecule has 1 aromatic rings. The number of rotatable bonds is 1. The molecule has 0 spiro atoms. The average Bonchev–Trinajstić information content (AvgIpc) is 2.79. The van der Waals surface area contributed by atoms with Gasteiger partial charge in [0.2, 0.25) is 5.91 Å². The van der Waals surface area contributed by atoms with Gasteiger partial charge in [0.25, 0.3) is 5.91 Å². The second-order valence-electron chi connectivity index (χ2n) is 5.04. The summed E-state index contributed by atoms with van der Waals surface area (Å²) in [5, 5.41) is 0. The molecule has 4 nitrogen and oxygen atoms in total. The molecule has 5 heteroatoms. The molecule has 2 fully saturated rings. The summed E-state index contributed by atoms with van der Waals surface area (Å²) in [6, 6.07) is 5.88. The van der Waals surface area contributed by atoms with Gasteiger partial charge in [-0.2, -0.15) is 0 Å². The average molecular weight is 262 g/mol. The predicted molar refractivity (Wildman–Crippen MR) is 67.0 cm³/mol. The van der Waals surface area contributed by atoms with Crippen LogP contribution in [-0.2, 0) is 4.79 Å². The van der Waals surface area contributed by atoms with Crippen LogP contribution in [0.5, 0.6) is 0 Å². The van der Waals surface area contributed by atoms with E-state index in [0.29, 0.717) is 31.6 Å². The summed E-state index contributed by atoms with van der Waals surface area (Å²) in [6.45, 7) is 1.67. The molecular weight excluding hydrogens is 247 g/mol. The van der Waals surface area contributed by atoms with Crippen LogP contribution in [0.4, 0.5) is 4.39 Å². The molecule has 2 heterocycles. The highest BCUT2D eigenvalue weighted by atomic mass is 19.1. The lowest BCUT2D eigenvalue weighted by molar-refractivity contribution is -0.130. The van der Waals surface area contributed by atoms with E-state index < -0.39 is 5.82 Å². The molecule has 2 saturated heterocycles. The first-order valence-electron chi connectivity index (χ1n) is 6.49. The first-order valence-corrected chi connectivity index (χ1v) is 6.49. The zero-order chi connectivity index (χ0) is 13.4. The van der Waals surface area contributed by atoms with Gasteiger partial charge in [-0.25, -0.2) is 4.39 Å². The molecule has 0 bridgehead atoms. The van der Waals surface area contributed by atoms with E-state index in [4.69, 9.17) is 0 Å². The number of carbonyl (C=O) groups is 2. The van der Waals surface area contributed by atoms with Crippen LogP contribution in [0.3, 0.4) is 0 Å². The Labute approximate surface area is 110 Å². The van der Waals surface area contributed by atoms with Crippen LogP contribution < -0.4 is 0 Å². The molecule has 1 unspecified atom stereocenters. The number of hydrogen-bond donors (Lipinski definition) is 0. The zero-order valence-electron chi connectivity index (χ0n) is 10.5. The van der Waals surface area contributed by atoms with Crippen molar-refractivity contribution in [1.82, 2.24) is 9.80 Å². The Bertz CT molecular complexity index is 532. The Balaban J connectivity index is 1.74. The first kappa shape index (κ1) is 12.1. The van der Waals surface area contributed by atoms with Gasteiger partial charge in [-0.3, -0.25) is 9.59 Å². The van der Waals surface area contributed by atoms with Gasteiger partial charge in [-0.15, -0.1) is 0 Å². The van der Waals surface area contributed by atoms with Gasteiger partial charge in [-0.1, -0.05) is 6.07 Å². The van der Waals surface area contributed by atoms with E-state index in [1.54, 1.807) is 11.0 Å². The monoisotopic (exact) mass is 262 g/mol. The summed E-state index contributed by atoms with van der Waals surface area (Å²) in [6.07, 6.45) is 1.39. The van der Waals surface area contributed by atoms with Gasteiger partial charge in [0.05, 0.1) is 0 Å². The summed E-state index contributed by atoms with van der Waals surface area (Å²) in [7, 11) is 0. The number of nitrogens with zero attached hydrogens (tertiary/aromatic N) is 2. The maximum absolute atomic E-state index is 13.1. The maximum atomic E-state index is 13.1. The molecule has 19 heavy (non-hydrogen) atoms. The quantitative estimate of drug-likeness (QED) is 0.764. The van der Waals surface area contributed by atoms with Crippen molar-refractivity contribution in [3.05, 3.63) is 35.6 Å². The number of halogens is 1. The van der Waals surface area contributed by atoms with E-state index in [1.165, 1.54) is 18.2 Å². The minimum Gasteiger partial charge on any atom is -0.336 e. The third kappa shape index (κ3) is 2.20. The Morgan fingerprint density at radius 2 is 2.16 bits per heavy atom. The van der Waals surface area contributed by atoms with Crippen molar-refractivity contribution in [3.8, 4) is 0 Å². The van der Waals surface area contributed by atoms with Crippen LogP contribution in [0.15, 0.2) is 24.3 Å². The minimum atomic E-state index is -0.402. The molecule has 0 saturated carbocycles. The molecule has 2 aliphatic rings. The largest absolute Gasteiger partial charge is 0.336 e. The van der Waals surface area contributed by atoms with E-state index in [1.807, 2.05) is 4.90 Å². The second kappa shape index (κ2) is 4.64. The topological polar surface area (TPSA) is 40.6 Å². The predicted octanol–water partition coefficient (Wildman–Crippen LogP) is 1.27. The van der Waals surface area contributed by atoms with Crippen LogP contribution in [0.25, 0.3) is 0 Å². The minimum absolute atomic E-state index is 0.138. The van der Waals surface area contributed by atoms with E-state index in [9.17, 15) is 14.0 Å². The van der Waals surface area contributed by atoms with Gasteiger partial charge in [0.15, 0.2) is 0 Å². The van der Waals surface area contributed by atoms with Crippen LogP contribution >= 0.6 is 0 Å². The zero-order valence-corrected chi connectivity index (χ0v) is 10.5. The summed E-state index contributed by atoms with van der Waals surface area (Å²) in [5.74, 6) is -0.373. The Kier molecular flexibility index (Phi) is 2.97. The molecule has 2 amide bonds. The van der Waals surface area contributed by atoms with Crippen molar-refractivity contribution in [1.29, 1.82) is 0 Å². The lowest BCUT2D eigenvalue weighted by atomic mass is 10.1. The fourth-order valence-electron chi connectivity index (χ4n) is 2.85. The number of hydrogen-bond acceptors (Lipinski definition) is 2. The van der Waals surface area contributed by atoms with Crippen LogP contribution in [0.2, 0.25) is 0 Å². The molecule has 100 valence electrons. The van der Waals surface area contributed by atoms with Crippen LogP contribution in [0, 0.1) is 5.82 Å². The SMILES string of the molecule is O=C(c1cccc(F)c1)N1CCN2C(=O)CCC2C1. The first-order chi connectivity index (χ1) is 9.15. The molecule has 3 rings (SSSR count). The summed E-state index contributed by atoms with van der Waals surface area (Å²) < 4.78 is 13.1. The normalized spacial score (nSPS) is 22.6. The van der Waals surface area contributed by atoms with Gasteiger partial charge in [0.1, 0.15) is 5.82 Å². The lowest BCUT2D eigenvalue weighted by Crippen LogP contribution is -2.53. The standard InChI is InChI=1S/C14H15FN2O2/c15-11-3-1-2-10(8-11)14(19)16-6-7-17-12(9-16)4-5-13(17)18/h1-3,8,12H,4-7,9H2. The van der Waals surface area contributed by atoms with E-state index in [2.05, 4.69) is 0 Å². The maximum Gasteiger partial charge on any atom is 0.254 e. The summed E-state index contributed by atoms with van der Waals surface area (Å²) >= 11 is 0. The highest BCUT2D eigenvalue weighted by molar-refractivity contribution is 5.94. The summed E-state index contributed by atoms with van der Waals surface area (Å²) in [5.41, 5.74) is 0.373. The molecule has 0 N–H and O–H groups in total. The van der Waals surface area contributed by atoms with Crippen molar-refractivity contribution in [2.45, 2.75) is 18.9 Å². The van der Waals surface area contributed by atoms with E-state index in [-0.39, 0.29) is 17.9 Å². The fraction of sp³-hybridized carbons (Fsp3) is 0.429. The second-order valence-corrected chi connectivity index (χ2v) is 5.04. The number of amides is 2. The van der Waals surface area contributed by atoms with Crippen molar-refractivity contribution in [2.24, 2.45) is 0 Å². The number of piperazine rings is 1. The molecule has 0 aliphatic carbocycles. The number of fused-ring (bicyclic) bond motifs is 1. The van der Waals surface area contributed by atoms with Crippen LogP contribution in [-0.4, -0.2) is 47.3 Å². The summed E-state index contributed by atoms with van der Waals surface area (Å²) in [4.78, 5) is 27.4. The highest BCUT2D eigenvalue weighted by Crippen LogP contribution is 2.23. The molecule has 0 aromatic heterocycles. The molecule has 1 aromatic carbocycles. The Morgan fingerprint density at radius 3 is 2.95 bits per heavy atom. The number of carbonyl (C=O) groups excluding carboxylic acids is 2. The van der Waals surface area contributed by atoms with E-state index in [0.717, 1.165) is 6.42 Å². The lowest BCUT2D eigenvalue weighted by Gasteiger charge is -2.37. The van der Waals surface area contributed by atoms with Crippen molar-refractivity contribution in [2.75, 3.05) is 19.6 Å². The molecule has 1 atom stereocenters. The van der Waals surface area contributed by atoms with Crippen LogP contribution in [0.1, 0.15) is 23.2 Å². The van der Waals surface area contributed by atoms with Crippen molar-refractivity contribution < 1.29 is 14.0 Å². The van der Waals surface area contributed by atoms with Gasteiger partial charge in [0, 0.05) is 37.7 Å². The van der Waals surface area contributed by atoms with E-state index >= 15 is 0 Å². The third-order valence-corrected chi connectivity index (χ3v) is 3.85. The number of benzene rings is 1. The smallest absolute Gasteiger partial charge is 0.254 e. The van der Waals surface area contributed by atoms with Gasteiger partial charge < -0.3 is 9.80 Å². The fourth-order valence-corrected chi connectivity index (χ4v) is 2.85. The Hall–Kier alpha value is -1.91. The highest BCUT2D eigenvalue weighted by Gasteiger charge is 2.36. The van der Waals surface area contributed by atoms with Gasteiger partial charge >= 0.3 is 0 Å².